The van der Waals surface area contributed by atoms with Crippen molar-refractivity contribution >= 4 is 11.3 Å². The number of nitrogens with one attached hydrogen (secondary N) is 1. The van der Waals surface area contributed by atoms with E-state index >= 15 is 0 Å². The molecule has 0 bridgehead atoms. The summed E-state index contributed by atoms with van der Waals surface area (Å²) in [5.74, 6) is 0.894. The van der Waals surface area contributed by atoms with Gasteiger partial charge in [-0.1, -0.05) is 26.0 Å². The standard InChI is InChI=1S/C16H22N2OS/c1-4-15(17-3)12-6-8-14(9-7-12)19-10-13-11-20-16(5-2)18-13/h6-9,11,15,17H,4-5,10H2,1-3H3. The normalized spacial score (nSPS) is 12.3. The molecule has 1 unspecified atom stereocenters. The Kier molecular flexibility index (Phi) is 5.56. The Labute approximate surface area is 125 Å². The predicted molar refractivity (Wildman–Crippen MR) is 84.4 cm³/mol. The second-order valence-electron chi connectivity index (χ2n) is 4.69. The first-order valence-electron chi connectivity index (χ1n) is 7.10. The van der Waals surface area contributed by atoms with Gasteiger partial charge in [-0.3, -0.25) is 0 Å². The summed E-state index contributed by atoms with van der Waals surface area (Å²) in [4.78, 5) is 4.50. The van der Waals surface area contributed by atoms with Crippen molar-refractivity contribution in [3.8, 4) is 5.75 Å². The first-order chi connectivity index (χ1) is 9.76. The highest BCUT2D eigenvalue weighted by atomic mass is 32.1. The maximum atomic E-state index is 5.78. The number of nitrogens with zero attached hydrogens (tertiary/aromatic N) is 1. The summed E-state index contributed by atoms with van der Waals surface area (Å²) in [6, 6.07) is 8.72. The predicted octanol–water partition coefficient (Wildman–Crippen LogP) is 3.96. The number of aromatic nitrogens is 1. The Balaban J connectivity index is 1.93. The van der Waals surface area contributed by atoms with Gasteiger partial charge >= 0.3 is 0 Å². The van der Waals surface area contributed by atoms with E-state index in [1.54, 1.807) is 11.3 Å². The van der Waals surface area contributed by atoms with Gasteiger partial charge in [0.1, 0.15) is 12.4 Å². The van der Waals surface area contributed by atoms with Crippen LogP contribution in [0.5, 0.6) is 5.75 Å². The lowest BCUT2D eigenvalue weighted by molar-refractivity contribution is 0.301. The van der Waals surface area contributed by atoms with Crippen molar-refractivity contribution in [3.05, 3.63) is 45.9 Å². The van der Waals surface area contributed by atoms with Crippen molar-refractivity contribution in [3.63, 3.8) is 0 Å². The SMILES string of the molecule is CCc1nc(COc2ccc(C(CC)NC)cc2)cs1. The molecule has 1 N–H and O–H groups in total. The van der Waals surface area contributed by atoms with E-state index in [9.17, 15) is 0 Å². The van der Waals surface area contributed by atoms with E-state index in [1.807, 2.05) is 19.2 Å². The molecular weight excluding hydrogens is 268 g/mol. The van der Waals surface area contributed by atoms with Crippen molar-refractivity contribution in [1.82, 2.24) is 10.3 Å². The van der Waals surface area contributed by atoms with Crippen LogP contribution in [0.1, 0.15) is 42.6 Å². The molecule has 20 heavy (non-hydrogen) atoms. The minimum atomic E-state index is 0.412. The summed E-state index contributed by atoms with van der Waals surface area (Å²) in [7, 11) is 1.99. The molecule has 3 nitrogen and oxygen atoms in total. The molecule has 0 radical (unpaired) electrons. The second-order valence-corrected chi connectivity index (χ2v) is 5.64. The smallest absolute Gasteiger partial charge is 0.131 e. The van der Waals surface area contributed by atoms with Gasteiger partial charge in [0, 0.05) is 11.4 Å². The van der Waals surface area contributed by atoms with Gasteiger partial charge in [-0.05, 0) is 37.6 Å². The van der Waals surface area contributed by atoms with Gasteiger partial charge in [-0.2, -0.15) is 0 Å². The van der Waals surface area contributed by atoms with Crippen molar-refractivity contribution < 1.29 is 4.74 Å². The first kappa shape index (κ1) is 15.0. The highest BCUT2D eigenvalue weighted by Crippen LogP contribution is 2.20. The molecule has 0 spiro atoms. The number of hydrogen-bond donors (Lipinski definition) is 1. The maximum Gasteiger partial charge on any atom is 0.131 e. The van der Waals surface area contributed by atoms with Gasteiger partial charge in [0.25, 0.3) is 0 Å². The van der Waals surface area contributed by atoms with Crippen molar-refractivity contribution in [2.45, 2.75) is 39.3 Å². The quantitative estimate of drug-likeness (QED) is 0.838. The lowest BCUT2D eigenvalue weighted by Crippen LogP contribution is -2.14. The second kappa shape index (κ2) is 7.41. The van der Waals surface area contributed by atoms with Crippen molar-refractivity contribution in [2.24, 2.45) is 0 Å². The molecule has 0 aliphatic rings. The number of rotatable bonds is 7. The topological polar surface area (TPSA) is 34.1 Å². The highest BCUT2D eigenvalue weighted by Gasteiger charge is 2.06. The van der Waals surface area contributed by atoms with Gasteiger partial charge in [0.2, 0.25) is 0 Å². The van der Waals surface area contributed by atoms with Crippen LogP contribution in [0.3, 0.4) is 0 Å². The maximum absolute atomic E-state index is 5.78. The molecule has 0 aliphatic carbocycles. The number of thiazole rings is 1. The first-order valence-corrected chi connectivity index (χ1v) is 7.98. The summed E-state index contributed by atoms with van der Waals surface area (Å²) in [6.45, 7) is 4.84. The van der Waals surface area contributed by atoms with Crippen molar-refractivity contribution in [1.29, 1.82) is 0 Å². The van der Waals surface area contributed by atoms with Gasteiger partial charge in [0.15, 0.2) is 0 Å². The van der Waals surface area contributed by atoms with Crippen LogP contribution >= 0.6 is 11.3 Å². The molecule has 1 aromatic heterocycles. The lowest BCUT2D eigenvalue weighted by Gasteiger charge is -2.14. The summed E-state index contributed by atoms with van der Waals surface area (Å²) in [5.41, 5.74) is 2.31. The van der Waals surface area contributed by atoms with Crippen LogP contribution < -0.4 is 10.1 Å². The van der Waals surface area contributed by atoms with Crippen LogP contribution in [0.25, 0.3) is 0 Å². The van der Waals surface area contributed by atoms with E-state index in [4.69, 9.17) is 4.74 Å². The van der Waals surface area contributed by atoms with E-state index in [2.05, 4.69) is 41.7 Å². The molecule has 0 aliphatic heterocycles. The van der Waals surface area contributed by atoms with E-state index in [0.29, 0.717) is 12.6 Å². The molecule has 108 valence electrons. The number of ether oxygens (including phenoxy) is 1. The Morgan fingerprint density at radius 3 is 2.55 bits per heavy atom. The zero-order chi connectivity index (χ0) is 14.4. The monoisotopic (exact) mass is 290 g/mol. The average Bonchev–Trinajstić information content (AvgIpc) is 2.96. The molecule has 1 aromatic carbocycles. The van der Waals surface area contributed by atoms with Crippen LogP contribution in [-0.2, 0) is 13.0 Å². The van der Waals surface area contributed by atoms with Crippen LogP contribution in [0.2, 0.25) is 0 Å². The molecule has 0 saturated carbocycles. The molecule has 2 aromatic rings. The fraction of sp³-hybridized carbons (Fsp3) is 0.438. The minimum absolute atomic E-state index is 0.412. The van der Waals surface area contributed by atoms with E-state index in [1.165, 1.54) is 10.6 Å². The Bertz CT molecular complexity index is 518. The molecule has 0 amide bonds. The minimum Gasteiger partial charge on any atom is -0.487 e. The number of benzene rings is 1. The van der Waals surface area contributed by atoms with Crippen LogP contribution in [0.4, 0.5) is 0 Å². The van der Waals surface area contributed by atoms with Gasteiger partial charge < -0.3 is 10.1 Å². The van der Waals surface area contributed by atoms with E-state index < -0.39 is 0 Å². The molecule has 1 heterocycles. The summed E-state index contributed by atoms with van der Waals surface area (Å²) in [6.07, 6.45) is 2.07. The summed E-state index contributed by atoms with van der Waals surface area (Å²) in [5, 5.41) is 6.54. The van der Waals surface area contributed by atoms with Gasteiger partial charge in [-0.25, -0.2) is 4.98 Å². The largest absolute Gasteiger partial charge is 0.487 e. The molecule has 4 heteroatoms. The molecular formula is C16H22N2OS. The number of aryl methyl sites for hydroxylation is 1. The van der Waals surface area contributed by atoms with Crippen LogP contribution in [0, 0.1) is 0 Å². The fourth-order valence-corrected chi connectivity index (χ4v) is 2.87. The van der Waals surface area contributed by atoms with Crippen LogP contribution in [-0.4, -0.2) is 12.0 Å². The molecule has 0 fully saturated rings. The molecule has 1 atom stereocenters. The lowest BCUT2D eigenvalue weighted by atomic mass is 10.1. The third kappa shape index (κ3) is 3.81. The Hall–Kier alpha value is -1.39. The van der Waals surface area contributed by atoms with Crippen molar-refractivity contribution in [2.75, 3.05) is 7.05 Å². The Morgan fingerprint density at radius 1 is 1.25 bits per heavy atom. The average molecular weight is 290 g/mol. The summed E-state index contributed by atoms with van der Waals surface area (Å²) >= 11 is 1.70. The van der Waals surface area contributed by atoms with E-state index in [0.717, 1.165) is 24.3 Å². The molecule has 2 rings (SSSR count). The zero-order valence-corrected chi connectivity index (χ0v) is 13.2. The highest BCUT2D eigenvalue weighted by molar-refractivity contribution is 7.09. The van der Waals surface area contributed by atoms with Gasteiger partial charge in [0.05, 0.1) is 10.7 Å². The van der Waals surface area contributed by atoms with Gasteiger partial charge in [-0.15, -0.1) is 11.3 Å². The summed E-state index contributed by atoms with van der Waals surface area (Å²) < 4.78 is 5.78. The zero-order valence-electron chi connectivity index (χ0n) is 12.3. The van der Waals surface area contributed by atoms with E-state index in [-0.39, 0.29) is 0 Å². The fourth-order valence-electron chi connectivity index (χ4n) is 2.14. The third-order valence-electron chi connectivity index (χ3n) is 3.33. The Morgan fingerprint density at radius 2 is 2.00 bits per heavy atom. The number of hydrogen-bond acceptors (Lipinski definition) is 4. The van der Waals surface area contributed by atoms with Crippen LogP contribution in [0.15, 0.2) is 29.6 Å². The molecule has 0 saturated heterocycles. The third-order valence-corrected chi connectivity index (χ3v) is 4.37.